The third-order valence-corrected chi connectivity index (χ3v) is 5.20. The fourth-order valence-corrected chi connectivity index (χ4v) is 3.62. The normalized spacial score (nSPS) is 11.6. The molecule has 5 nitrogen and oxygen atoms in total. The van der Waals surface area contributed by atoms with Crippen molar-refractivity contribution in [3.8, 4) is 0 Å². The van der Waals surface area contributed by atoms with Gasteiger partial charge in [-0.25, -0.2) is 13.1 Å². The average molecular weight is 370 g/mol. The van der Waals surface area contributed by atoms with Crippen molar-refractivity contribution in [1.82, 2.24) is 9.71 Å². The Kier molecular flexibility index (Phi) is 4.65. The molecule has 0 aliphatic rings. The number of nitrogens with zero attached hydrogens (tertiary/aromatic N) is 1. The molecule has 1 aromatic heterocycles. The van der Waals surface area contributed by atoms with Crippen LogP contribution in [0.15, 0.2) is 39.7 Å². The number of rotatable bonds is 4. The molecule has 1 aromatic carbocycles. The van der Waals surface area contributed by atoms with E-state index in [1.54, 1.807) is 19.1 Å². The number of nitrogen functional groups attached to an aromatic ring is 1. The van der Waals surface area contributed by atoms with Crippen LogP contribution in [0.5, 0.6) is 0 Å². The number of aryl methyl sites for hydroxylation is 2. The molecule has 0 saturated carbocycles. The molecule has 0 radical (unpaired) electrons. The number of nitrogens with one attached hydrogen (secondary N) is 1. The summed E-state index contributed by atoms with van der Waals surface area (Å²) in [6.45, 7) is 3.72. The molecule has 0 bridgehead atoms. The summed E-state index contributed by atoms with van der Waals surface area (Å²) in [7, 11) is -3.63. The van der Waals surface area contributed by atoms with Gasteiger partial charge in [0, 0.05) is 15.9 Å². The fourth-order valence-electron chi connectivity index (χ4n) is 1.90. The standard InChI is InChI=1S/C14H16BrN3O2S/c1-9-6-12(15)13(16)7-14(9)21(19,20)17-8-11-5-3-4-10(2)18-11/h3-7,17H,8,16H2,1-2H3. The third kappa shape index (κ3) is 3.81. The van der Waals surface area contributed by atoms with Crippen LogP contribution in [0.1, 0.15) is 17.0 Å². The van der Waals surface area contributed by atoms with Crippen molar-refractivity contribution in [2.45, 2.75) is 25.3 Å². The van der Waals surface area contributed by atoms with Gasteiger partial charge in [-0.3, -0.25) is 4.98 Å². The van der Waals surface area contributed by atoms with E-state index in [1.807, 2.05) is 19.1 Å². The van der Waals surface area contributed by atoms with E-state index in [-0.39, 0.29) is 11.4 Å². The molecule has 0 atom stereocenters. The Morgan fingerprint density at radius 2 is 2.00 bits per heavy atom. The van der Waals surface area contributed by atoms with Crippen molar-refractivity contribution in [2.75, 3.05) is 5.73 Å². The Morgan fingerprint density at radius 3 is 2.67 bits per heavy atom. The van der Waals surface area contributed by atoms with Gasteiger partial charge in [0.05, 0.1) is 17.1 Å². The zero-order valence-corrected chi connectivity index (χ0v) is 14.1. The minimum atomic E-state index is -3.63. The van der Waals surface area contributed by atoms with Crippen LogP contribution in [0.25, 0.3) is 0 Å². The topological polar surface area (TPSA) is 85.1 Å². The van der Waals surface area contributed by atoms with Crippen molar-refractivity contribution >= 4 is 31.6 Å². The van der Waals surface area contributed by atoms with Crippen LogP contribution >= 0.6 is 15.9 Å². The Bertz CT molecular complexity index is 776. The number of sulfonamides is 1. The summed E-state index contributed by atoms with van der Waals surface area (Å²) >= 11 is 3.28. The smallest absolute Gasteiger partial charge is 0.241 e. The number of hydrogen-bond acceptors (Lipinski definition) is 4. The van der Waals surface area contributed by atoms with Crippen molar-refractivity contribution in [3.05, 3.63) is 51.8 Å². The molecule has 0 aliphatic carbocycles. The van der Waals surface area contributed by atoms with Gasteiger partial charge in [-0.15, -0.1) is 0 Å². The van der Waals surface area contributed by atoms with Gasteiger partial charge in [-0.05, 0) is 59.6 Å². The number of aromatic nitrogens is 1. The molecule has 0 saturated heterocycles. The molecule has 0 amide bonds. The second-order valence-corrected chi connectivity index (χ2v) is 7.32. The molecule has 0 unspecified atom stereocenters. The molecular formula is C14H16BrN3O2S. The number of hydrogen-bond donors (Lipinski definition) is 2. The lowest BCUT2D eigenvalue weighted by molar-refractivity contribution is 0.579. The first-order chi connectivity index (χ1) is 9.79. The van der Waals surface area contributed by atoms with E-state index < -0.39 is 10.0 Å². The predicted octanol–water partition coefficient (Wildman–Crippen LogP) is 2.52. The van der Waals surface area contributed by atoms with Gasteiger partial charge < -0.3 is 5.73 Å². The summed E-state index contributed by atoms with van der Waals surface area (Å²) < 4.78 is 28.0. The molecule has 1 heterocycles. The maximum Gasteiger partial charge on any atom is 0.241 e. The Balaban J connectivity index is 2.25. The molecular weight excluding hydrogens is 354 g/mol. The van der Waals surface area contributed by atoms with E-state index in [4.69, 9.17) is 5.73 Å². The zero-order chi connectivity index (χ0) is 15.6. The molecule has 2 rings (SSSR count). The van der Waals surface area contributed by atoms with Gasteiger partial charge >= 0.3 is 0 Å². The highest BCUT2D eigenvalue weighted by molar-refractivity contribution is 9.10. The van der Waals surface area contributed by atoms with Crippen LogP contribution in [0.4, 0.5) is 5.69 Å². The van der Waals surface area contributed by atoms with Gasteiger partial charge in [-0.2, -0.15) is 0 Å². The molecule has 2 aromatic rings. The van der Waals surface area contributed by atoms with E-state index in [0.29, 0.717) is 21.4 Å². The summed E-state index contributed by atoms with van der Waals surface area (Å²) in [6, 6.07) is 8.62. The largest absolute Gasteiger partial charge is 0.398 e. The molecule has 7 heteroatoms. The highest BCUT2D eigenvalue weighted by Gasteiger charge is 2.18. The molecule has 3 N–H and O–H groups in total. The van der Waals surface area contributed by atoms with Crippen molar-refractivity contribution in [2.24, 2.45) is 0 Å². The maximum absolute atomic E-state index is 12.4. The molecule has 0 fully saturated rings. The van der Waals surface area contributed by atoms with Crippen molar-refractivity contribution < 1.29 is 8.42 Å². The van der Waals surface area contributed by atoms with Gasteiger partial charge in [0.25, 0.3) is 0 Å². The maximum atomic E-state index is 12.4. The van der Waals surface area contributed by atoms with E-state index >= 15 is 0 Å². The van der Waals surface area contributed by atoms with E-state index in [1.165, 1.54) is 6.07 Å². The highest BCUT2D eigenvalue weighted by atomic mass is 79.9. The Labute approximate surface area is 132 Å². The number of anilines is 1. The highest BCUT2D eigenvalue weighted by Crippen LogP contribution is 2.26. The van der Waals surface area contributed by atoms with Crippen LogP contribution in [0.3, 0.4) is 0 Å². The molecule has 112 valence electrons. The molecule has 0 spiro atoms. The fraction of sp³-hybridized carbons (Fsp3) is 0.214. The minimum absolute atomic E-state index is 0.138. The Hall–Kier alpha value is -1.44. The lowest BCUT2D eigenvalue weighted by Gasteiger charge is -2.11. The van der Waals surface area contributed by atoms with Crippen LogP contribution < -0.4 is 10.5 Å². The van der Waals surface area contributed by atoms with Crippen LogP contribution in [-0.2, 0) is 16.6 Å². The predicted molar refractivity (Wildman–Crippen MR) is 86.3 cm³/mol. The van der Waals surface area contributed by atoms with E-state index in [0.717, 1.165) is 5.69 Å². The molecule has 21 heavy (non-hydrogen) atoms. The Morgan fingerprint density at radius 1 is 1.29 bits per heavy atom. The summed E-state index contributed by atoms with van der Waals surface area (Å²) in [5.41, 5.74) is 8.28. The second-order valence-electron chi connectivity index (χ2n) is 4.73. The van der Waals surface area contributed by atoms with Gasteiger partial charge in [-0.1, -0.05) is 6.07 Å². The number of halogens is 1. The van der Waals surface area contributed by atoms with Crippen molar-refractivity contribution in [3.63, 3.8) is 0 Å². The number of nitrogens with two attached hydrogens (primary N) is 1. The lowest BCUT2D eigenvalue weighted by atomic mass is 10.2. The quantitative estimate of drug-likeness (QED) is 0.810. The zero-order valence-electron chi connectivity index (χ0n) is 11.7. The monoisotopic (exact) mass is 369 g/mol. The SMILES string of the molecule is Cc1cccc(CNS(=O)(=O)c2cc(N)c(Br)cc2C)n1. The second kappa shape index (κ2) is 6.13. The van der Waals surface area contributed by atoms with E-state index in [9.17, 15) is 8.42 Å². The van der Waals surface area contributed by atoms with Gasteiger partial charge in [0.1, 0.15) is 0 Å². The van der Waals surface area contributed by atoms with E-state index in [2.05, 4.69) is 25.6 Å². The van der Waals surface area contributed by atoms with Crippen LogP contribution in [-0.4, -0.2) is 13.4 Å². The number of pyridine rings is 1. The van der Waals surface area contributed by atoms with Crippen LogP contribution in [0, 0.1) is 13.8 Å². The first kappa shape index (κ1) is 15.9. The van der Waals surface area contributed by atoms with Crippen molar-refractivity contribution in [1.29, 1.82) is 0 Å². The third-order valence-electron chi connectivity index (χ3n) is 2.97. The first-order valence-electron chi connectivity index (χ1n) is 6.27. The van der Waals surface area contributed by atoms with Gasteiger partial charge in [0.2, 0.25) is 10.0 Å². The first-order valence-corrected chi connectivity index (χ1v) is 8.55. The lowest BCUT2D eigenvalue weighted by Crippen LogP contribution is -2.24. The summed E-state index contributed by atoms with van der Waals surface area (Å²) in [5, 5.41) is 0. The summed E-state index contributed by atoms with van der Waals surface area (Å²) in [6.07, 6.45) is 0. The average Bonchev–Trinajstić information content (AvgIpc) is 2.41. The summed E-state index contributed by atoms with van der Waals surface area (Å²) in [4.78, 5) is 4.44. The minimum Gasteiger partial charge on any atom is -0.398 e. The van der Waals surface area contributed by atoms with Gasteiger partial charge in [0.15, 0.2) is 0 Å². The molecule has 0 aliphatic heterocycles. The number of benzene rings is 1. The van der Waals surface area contributed by atoms with Crippen LogP contribution in [0.2, 0.25) is 0 Å². The summed E-state index contributed by atoms with van der Waals surface area (Å²) in [5.74, 6) is 0.